The first-order valence-corrected chi connectivity index (χ1v) is 22.3. The zero-order chi connectivity index (χ0) is 50.1. The Morgan fingerprint density at radius 2 is 1.20 bits per heavy atom. The molecule has 0 bridgehead atoms. The topological polar surface area (TPSA) is 3.24 Å². The van der Waals surface area contributed by atoms with Crippen molar-refractivity contribution in [2.45, 2.75) is 5.41 Å². The Hall–Kier alpha value is -8.04. The van der Waals surface area contributed by atoms with Crippen LogP contribution in [0.5, 0.6) is 0 Å². The van der Waals surface area contributed by atoms with Crippen LogP contribution in [0.3, 0.4) is 0 Å². The van der Waals surface area contributed by atoms with E-state index < -0.39 is 5.41 Å². The van der Waals surface area contributed by atoms with Crippen LogP contribution < -0.4 is 4.90 Å². The van der Waals surface area contributed by atoms with Gasteiger partial charge in [-0.05, 0) is 109 Å². The van der Waals surface area contributed by atoms with Crippen molar-refractivity contribution in [1.82, 2.24) is 0 Å². The first-order valence-electron chi connectivity index (χ1n) is 25.0. The van der Waals surface area contributed by atoms with E-state index in [1.54, 1.807) is 46.7 Å². The summed E-state index contributed by atoms with van der Waals surface area (Å²) in [6.45, 7) is 8.63. The third-order valence-corrected chi connectivity index (χ3v) is 13.3. The van der Waals surface area contributed by atoms with Crippen LogP contribution in [0.25, 0.3) is 60.2 Å². The highest BCUT2D eigenvalue weighted by Gasteiger charge is 2.46. The molecule has 1 aliphatic carbocycles. The van der Waals surface area contributed by atoms with Gasteiger partial charge in [-0.2, -0.15) is 0 Å². The van der Waals surface area contributed by atoms with Gasteiger partial charge in [0.15, 0.2) is 0 Å². The van der Waals surface area contributed by atoms with Crippen molar-refractivity contribution in [3.63, 3.8) is 0 Å². The average molecular weight is 857 g/mol. The fourth-order valence-electron chi connectivity index (χ4n) is 9.07. The maximum Gasteiger partial charge on any atom is 0.0714 e. The first kappa shape index (κ1) is 33.5. The summed E-state index contributed by atoms with van der Waals surface area (Å²) in [7, 11) is 0. The van der Waals surface area contributed by atoms with Crippen molar-refractivity contribution < 1.29 is 9.60 Å². The highest BCUT2D eigenvalue weighted by Crippen LogP contribution is 2.55. The summed E-state index contributed by atoms with van der Waals surface area (Å²) in [5, 5.41) is 2.35. The van der Waals surface area contributed by atoms with E-state index in [4.69, 9.17) is 1.37 Å². The minimum atomic E-state index is -1.15. The van der Waals surface area contributed by atoms with E-state index in [9.17, 15) is 8.22 Å². The van der Waals surface area contributed by atoms with Gasteiger partial charge in [-0.3, -0.25) is 0 Å². The van der Waals surface area contributed by atoms with E-state index in [2.05, 4.69) is 49.6 Å². The fourth-order valence-corrected chi connectivity index (χ4v) is 10.3. The van der Waals surface area contributed by atoms with Crippen molar-refractivity contribution in [3.05, 3.63) is 295 Å². The van der Waals surface area contributed by atoms with Crippen LogP contribution in [-0.2, 0) is 5.41 Å². The summed E-state index contributed by atoms with van der Waals surface area (Å²) in [6, 6.07) is 54.3. The molecule has 0 amide bonds. The maximum atomic E-state index is 10.5. The molecule has 1 aromatic heterocycles. The molecule has 1 nitrogen and oxygen atoms in total. The van der Waals surface area contributed by atoms with Crippen LogP contribution in [0.2, 0.25) is 0 Å². The molecule has 0 saturated carbocycles. The van der Waals surface area contributed by atoms with Crippen LogP contribution >= 0.6 is 11.3 Å². The quantitative estimate of drug-likeness (QED) is 0.104. The maximum absolute atomic E-state index is 10.5. The van der Waals surface area contributed by atoms with Gasteiger partial charge in [-0.25, -0.2) is 0 Å². The molecule has 1 heterocycles. The van der Waals surface area contributed by atoms with Gasteiger partial charge in [-0.1, -0.05) is 220 Å². The van der Waals surface area contributed by atoms with Gasteiger partial charge in [0.1, 0.15) is 0 Å². The molecule has 0 spiro atoms. The normalized spacial score (nSPS) is 15.3. The van der Waals surface area contributed by atoms with E-state index in [1.165, 1.54) is 10.1 Å². The number of allylic oxidation sites excluding steroid dienone is 8. The molecule has 0 aliphatic heterocycles. The Labute approximate surface area is 396 Å². The van der Waals surface area contributed by atoms with E-state index >= 15 is 0 Å². The van der Waals surface area contributed by atoms with Crippen LogP contribution in [0, 0.1) is 0 Å². The minimum Gasteiger partial charge on any atom is -0.317 e. The number of thiophene rings is 1. The van der Waals surface area contributed by atoms with Crippen molar-refractivity contribution >= 4 is 60.6 Å². The Morgan fingerprint density at radius 1 is 0.569 bits per heavy atom. The van der Waals surface area contributed by atoms with Crippen LogP contribution in [0.1, 0.15) is 43.0 Å². The second kappa shape index (κ2) is 18.0. The van der Waals surface area contributed by atoms with Crippen molar-refractivity contribution in [2.75, 3.05) is 4.90 Å². The molecule has 10 rings (SSSR count). The van der Waals surface area contributed by atoms with E-state index in [0.29, 0.717) is 28.0 Å². The smallest absolute Gasteiger partial charge is 0.0714 e. The summed E-state index contributed by atoms with van der Waals surface area (Å²) in [4.78, 5) is 1.58. The SMILES string of the molecule is [2H]C=C([2H])C1=C(/C([2H])=C/N(c2ccc(-c3cccc4c3sc3ccccc34)cc2)c2c([2H])c([2H])c(-c3ccc(/C=C\C=C)c(/C=C\C=C)c3)c([2H])c2[2H])C(c2ccccc2)(c2ccccc2)c2ccccc21. The van der Waals surface area contributed by atoms with Gasteiger partial charge in [0, 0.05) is 37.7 Å². The molecule has 1 aliphatic rings. The summed E-state index contributed by atoms with van der Waals surface area (Å²) in [5.74, 6) is 0. The lowest BCUT2D eigenvalue weighted by molar-refractivity contribution is 0.761. The fraction of sp³-hybridized carbons (Fsp3) is 0.0159. The molecule has 2 heteroatoms. The molecule has 0 saturated heterocycles. The van der Waals surface area contributed by atoms with E-state index in [0.717, 1.165) is 55.6 Å². The predicted octanol–water partition coefficient (Wildman–Crippen LogP) is 17.4. The summed E-state index contributed by atoms with van der Waals surface area (Å²) in [6.07, 6.45) is 12.3. The average Bonchev–Trinajstić information content (AvgIpc) is 3.96. The molecule has 0 atom stereocenters. The Kier molecular flexibility index (Phi) is 9.27. The Balaban J connectivity index is 1.23. The lowest BCUT2D eigenvalue weighted by Gasteiger charge is -2.35. The monoisotopic (exact) mass is 856 g/mol. The number of fused-ring (bicyclic) bond motifs is 4. The number of nitrogens with zero attached hydrogens (tertiary/aromatic N) is 1. The number of benzene rings is 8. The molecule has 9 aromatic rings. The number of anilines is 2. The number of hydrogen-bond acceptors (Lipinski definition) is 2. The van der Waals surface area contributed by atoms with Gasteiger partial charge < -0.3 is 4.90 Å². The van der Waals surface area contributed by atoms with Crippen molar-refractivity contribution in [3.8, 4) is 22.3 Å². The zero-order valence-electron chi connectivity index (χ0n) is 42.6. The molecule has 0 unspecified atom stereocenters. The lowest BCUT2D eigenvalue weighted by atomic mass is 9.67. The van der Waals surface area contributed by atoms with Gasteiger partial charge in [-0.15, -0.1) is 11.3 Å². The van der Waals surface area contributed by atoms with Crippen molar-refractivity contribution in [1.29, 1.82) is 0 Å². The summed E-state index contributed by atoms with van der Waals surface area (Å²) in [5.41, 5.74) is 7.64. The highest BCUT2D eigenvalue weighted by molar-refractivity contribution is 7.26. The molecule has 0 radical (unpaired) electrons. The Bertz CT molecular complexity index is 3680. The van der Waals surface area contributed by atoms with Gasteiger partial charge in [0.25, 0.3) is 0 Å². The van der Waals surface area contributed by atoms with Crippen LogP contribution in [-0.4, -0.2) is 0 Å². The summed E-state index contributed by atoms with van der Waals surface area (Å²) >= 11 is 1.73. The van der Waals surface area contributed by atoms with E-state index in [1.807, 2.05) is 146 Å². The largest absolute Gasteiger partial charge is 0.317 e. The van der Waals surface area contributed by atoms with Gasteiger partial charge in [0.05, 0.1) is 15.0 Å². The zero-order valence-corrected chi connectivity index (χ0v) is 36.4. The second-order valence-electron chi connectivity index (χ2n) is 15.6. The molecule has 65 heavy (non-hydrogen) atoms. The molecular formula is C63H47NS. The molecule has 0 fully saturated rings. The predicted molar refractivity (Wildman–Crippen MR) is 283 cm³/mol. The standard InChI is InChI=1S/C63H47NS/c1-4-7-20-45-32-33-49(44-48(45)21-8-5-2)46-34-38-52(39-35-46)64(53-40-36-47(37-41-53)55-28-19-29-58-57-27-16-18-31-61(57)65-62(55)58)43-42-60-54(6-3)56-26-15-17-30-59(56)63(60,50-22-11-9-12-23-50)51-24-13-10-14-25-51/h4-44H,1-3H2/b20-7-,21-8-,43-42+/i3D,6D,34D,35D,38D,39D,42D/b6-3?,20-7-,21-8-,43-42+. The first-order chi connectivity index (χ1) is 35.1. The molecule has 0 N–H and O–H groups in total. The number of hydrogen-bond donors (Lipinski definition) is 0. The molecule has 8 aromatic carbocycles. The number of rotatable bonds is 13. The second-order valence-corrected chi connectivity index (χ2v) is 16.7. The Morgan fingerprint density at radius 3 is 1.92 bits per heavy atom. The van der Waals surface area contributed by atoms with Crippen LogP contribution in [0.15, 0.2) is 262 Å². The highest BCUT2D eigenvalue weighted by atomic mass is 32.1. The van der Waals surface area contributed by atoms with Gasteiger partial charge in [0.2, 0.25) is 0 Å². The summed E-state index contributed by atoms with van der Waals surface area (Å²) < 4.78 is 69.6. The molecule has 310 valence electrons. The van der Waals surface area contributed by atoms with Gasteiger partial charge >= 0.3 is 0 Å². The molecular weight excluding hydrogens is 803 g/mol. The third-order valence-electron chi connectivity index (χ3n) is 12.0. The van der Waals surface area contributed by atoms with E-state index in [-0.39, 0.29) is 47.5 Å². The third kappa shape index (κ3) is 7.44. The van der Waals surface area contributed by atoms with Crippen molar-refractivity contribution in [2.24, 2.45) is 0 Å². The minimum absolute atomic E-state index is 0.0534. The lowest BCUT2D eigenvalue weighted by Crippen LogP contribution is -2.29. The van der Waals surface area contributed by atoms with Crippen LogP contribution in [0.4, 0.5) is 11.4 Å².